The van der Waals surface area contributed by atoms with Gasteiger partial charge >= 0.3 is 5.97 Å². The van der Waals surface area contributed by atoms with Crippen LogP contribution in [-0.4, -0.2) is 44.7 Å². The van der Waals surface area contributed by atoms with Gasteiger partial charge in [0.15, 0.2) is 5.69 Å². The molecule has 4 rings (SSSR count). The lowest BCUT2D eigenvalue weighted by Gasteiger charge is -2.27. The van der Waals surface area contributed by atoms with Gasteiger partial charge in [-0.25, -0.2) is 4.79 Å². The summed E-state index contributed by atoms with van der Waals surface area (Å²) >= 11 is 1.57. The van der Waals surface area contributed by atoms with E-state index in [2.05, 4.69) is 20.3 Å². The minimum Gasteiger partial charge on any atom is -0.461 e. The SMILES string of the molecule is CCOC(=O)c1nn(Cc2ccccn2)c2c1CN(Cc1ccc(NC(C)=O)s1)CC2. The van der Waals surface area contributed by atoms with Crippen molar-refractivity contribution >= 4 is 28.2 Å². The summed E-state index contributed by atoms with van der Waals surface area (Å²) < 4.78 is 7.15. The van der Waals surface area contributed by atoms with E-state index < -0.39 is 0 Å². The molecule has 4 heterocycles. The molecule has 0 spiro atoms. The Morgan fingerprint density at radius 2 is 2.10 bits per heavy atom. The molecule has 1 amide bonds. The van der Waals surface area contributed by atoms with Gasteiger partial charge in [-0.2, -0.15) is 5.10 Å². The first-order valence-corrected chi connectivity index (χ1v) is 11.1. The highest BCUT2D eigenvalue weighted by Crippen LogP contribution is 2.28. The van der Waals surface area contributed by atoms with Crippen LogP contribution in [0.2, 0.25) is 0 Å². The van der Waals surface area contributed by atoms with Crippen molar-refractivity contribution in [3.8, 4) is 0 Å². The number of amides is 1. The number of esters is 1. The fourth-order valence-electron chi connectivity index (χ4n) is 3.74. The van der Waals surface area contributed by atoms with Crippen LogP contribution in [0.25, 0.3) is 0 Å². The molecule has 0 radical (unpaired) electrons. The molecule has 3 aromatic rings. The van der Waals surface area contributed by atoms with E-state index >= 15 is 0 Å². The summed E-state index contributed by atoms with van der Waals surface area (Å²) in [5, 5.41) is 8.28. The molecule has 0 unspecified atom stereocenters. The van der Waals surface area contributed by atoms with Gasteiger partial charge in [0.25, 0.3) is 0 Å². The van der Waals surface area contributed by atoms with Crippen molar-refractivity contribution in [2.24, 2.45) is 0 Å². The van der Waals surface area contributed by atoms with E-state index in [-0.39, 0.29) is 11.9 Å². The van der Waals surface area contributed by atoms with Crippen molar-refractivity contribution in [1.29, 1.82) is 0 Å². The lowest BCUT2D eigenvalue weighted by Crippen LogP contribution is -2.31. The van der Waals surface area contributed by atoms with E-state index in [0.717, 1.165) is 46.3 Å². The summed E-state index contributed by atoms with van der Waals surface area (Å²) in [5.41, 5.74) is 3.28. The Hall–Kier alpha value is -3.04. The van der Waals surface area contributed by atoms with Crippen LogP contribution in [0.15, 0.2) is 36.5 Å². The summed E-state index contributed by atoms with van der Waals surface area (Å²) in [6.45, 7) is 6.36. The lowest BCUT2D eigenvalue weighted by atomic mass is 10.0. The number of thiophene rings is 1. The number of anilines is 1. The molecule has 0 saturated heterocycles. The second-order valence-corrected chi connectivity index (χ2v) is 8.55. The van der Waals surface area contributed by atoms with E-state index in [0.29, 0.717) is 25.4 Å². The van der Waals surface area contributed by atoms with Crippen LogP contribution >= 0.6 is 11.3 Å². The summed E-state index contributed by atoms with van der Waals surface area (Å²) in [6, 6.07) is 9.74. The number of hydrogen-bond acceptors (Lipinski definition) is 7. The fourth-order valence-corrected chi connectivity index (χ4v) is 4.74. The van der Waals surface area contributed by atoms with Crippen LogP contribution in [0.4, 0.5) is 5.00 Å². The Morgan fingerprint density at radius 3 is 2.84 bits per heavy atom. The maximum absolute atomic E-state index is 12.6. The van der Waals surface area contributed by atoms with Gasteiger partial charge in [-0.15, -0.1) is 11.3 Å². The molecular formula is C22H25N5O3S. The third-order valence-electron chi connectivity index (χ3n) is 5.06. The minimum atomic E-state index is -0.385. The molecule has 0 atom stereocenters. The zero-order valence-electron chi connectivity index (χ0n) is 17.6. The largest absolute Gasteiger partial charge is 0.461 e. The van der Waals surface area contributed by atoms with Gasteiger partial charge < -0.3 is 10.1 Å². The molecule has 1 aliphatic rings. The van der Waals surface area contributed by atoms with E-state index in [1.54, 1.807) is 24.5 Å². The maximum Gasteiger partial charge on any atom is 0.359 e. The van der Waals surface area contributed by atoms with Crippen LogP contribution in [0, 0.1) is 0 Å². The highest BCUT2D eigenvalue weighted by molar-refractivity contribution is 7.16. The highest BCUT2D eigenvalue weighted by atomic mass is 32.1. The van der Waals surface area contributed by atoms with Crippen LogP contribution in [0.5, 0.6) is 0 Å². The molecule has 0 saturated carbocycles. The number of fused-ring (bicyclic) bond motifs is 1. The van der Waals surface area contributed by atoms with Crippen LogP contribution < -0.4 is 5.32 Å². The van der Waals surface area contributed by atoms with Gasteiger partial charge in [-0.3, -0.25) is 19.4 Å². The molecule has 9 heteroatoms. The second-order valence-electron chi connectivity index (χ2n) is 7.38. The Labute approximate surface area is 184 Å². The van der Waals surface area contributed by atoms with Gasteiger partial charge in [-0.05, 0) is 31.2 Å². The smallest absolute Gasteiger partial charge is 0.359 e. The van der Waals surface area contributed by atoms with Gasteiger partial charge in [0.1, 0.15) is 0 Å². The normalized spacial score (nSPS) is 13.6. The van der Waals surface area contributed by atoms with Crippen LogP contribution in [0.3, 0.4) is 0 Å². The summed E-state index contributed by atoms with van der Waals surface area (Å²) in [5.74, 6) is -0.458. The first-order chi connectivity index (χ1) is 15.0. The Morgan fingerprint density at radius 1 is 1.23 bits per heavy atom. The zero-order valence-corrected chi connectivity index (χ0v) is 18.4. The number of nitrogens with one attached hydrogen (secondary N) is 1. The standard InChI is InChI=1S/C22H25N5O3S/c1-3-30-22(29)21-18-14-26(13-17-7-8-20(31-17)24-15(2)28)11-9-19(18)27(25-21)12-16-6-4-5-10-23-16/h4-8,10H,3,9,11-14H2,1-2H3,(H,24,28). The average Bonchev–Trinajstić information content (AvgIpc) is 3.33. The van der Waals surface area contributed by atoms with Crippen LogP contribution in [-0.2, 0) is 35.6 Å². The molecule has 0 fully saturated rings. The predicted octanol–water partition coefficient (Wildman–Crippen LogP) is 3.08. The van der Waals surface area contributed by atoms with Gasteiger partial charge in [0, 0.05) is 55.3 Å². The number of pyridine rings is 1. The number of ether oxygens (including phenoxy) is 1. The minimum absolute atomic E-state index is 0.0737. The molecule has 162 valence electrons. The molecule has 3 aromatic heterocycles. The van der Waals surface area contributed by atoms with Crippen molar-refractivity contribution in [2.45, 2.75) is 39.9 Å². The van der Waals surface area contributed by atoms with Crippen molar-refractivity contribution < 1.29 is 14.3 Å². The van der Waals surface area contributed by atoms with Crippen molar-refractivity contribution in [3.63, 3.8) is 0 Å². The maximum atomic E-state index is 12.6. The average molecular weight is 440 g/mol. The zero-order chi connectivity index (χ0) is 21.8. The number of rotatable bonds is 7. The van der Waals surface area contributed by atoms with Crippen molar-refractivity contribution in [3.05, 3.63) is 64.1 Å². The highest BCUT2D eigenvalue weighted by Gasteiger charge is 2.29. The molecule has 0 bridgehead atoms. The molecule has 0 aliphatic carbocycles. The molecule has 1 aliphatic heterocycles. The molecule has 8 nitrogen and oxygen atoms in total. The molecule has 1 N–H and O–H groups in total. The van der Waals surface area contributed by atoms with Crippen molar-refractivity contribution in [2.75, 3.05) is 18.5 Å². The molecular weight excluding hydrogens is 414 g/mol. The van der Waals surface area contributed by atoms with Gasteiger partial charge in [-0.1, -0.05) is 6.07 Å². The Kier molecular flexibility index (Phi) is 6.43. The third-order valence-corrected chi connectivity index (χ3v) is 6.05. The number of aromatic nitrogens is 3. The monoisotopic (exact) mass is 439 g/mol. The fraction of sp³-hybridized carbons (Fsp3) is 0.364. The predicted molar refractivity (Wildman–Crippen MR) is 118 cm³/mol. The third kappa shape index (κ3) is 5.00. The van der Waals surface area contributed by atoms with E-state index in [1.807, 2.05) is 35.0 Å². The molecule has 31 heavy (non-hydrogen) atoms. The summed E-state index contributed by atoms with van der Waals surface area (Å²) in [6.07, 6.45) is 2.55. The number of hydrogen-bond donors (Lipinski definition) is 1. The molecule has 0 aromatic carbocycles. The number of carbonyl (C=O) groups is 2. The number of carbonyl (C=O) groups excluding carboxylic acids is 2. The summed E-state index contributed by atoms with van der Waals surface area (Å²) in [7, 11) is 0. The Balaban J connectivity index is 1.55. The second kappa shape index (κ2) is 9.40. The number of nitrogens with zero attached hydrogens (tertiary/aromatic N) is 4. The topological polar surface area (TPSA) is 89.3 Å². The first kappa shape index (κ1) is 21.2. The summed E-state index contributed by atoms with van der Waals surface area (Å²) in [4.78, 5) is 31.7. The van der Waals surface area contributed by atoms with Gasteiger partial charge in [0.05, 0.1) is 23.8 Å². The lowest BCUT2D eigenvalue weighted by molar-refractivity contribution is -0.114. The van der Waals surface area contributed by atoms with Crippen molar-refractivity contribution in [1.82, 2.24) is 19.7 Å². The first-order valence-electron chi connectivity index (χ1n) is 10.3. The van der Waals surface area contributed by atoms with Gasteiger partial charge in [0.2, 0.25) is 5.91 Å². The van der Waals surface area contributed by atoms with E-state index in [4.69, 9.17) is 4.74 Å². The van der Waals surface area contributed by atoms with E-state index in [1.165, 1.54) is 6.92 Å². The van der Waals surface area contributed by atoms with E-state index in [9.17, 15) is 9.59 Å². The Bertz CT molecular complexity index is 1080. The van der Waals surface area contributed by atoms with Crippen LogP contribution in [0.1, 0.15) is 46.2 Å². The quantitative estimate of drug-likeness (QED) is 0.569.